The summed E-state index contributed by atoms with van der Waals surface area (Å²) in [6.45, 7) is 7.79. The topological polar surface area (TPSA) is 27.8 Å². The highest BCUT2D eigenvalue weighted by atomic mass is 14.9. The highest BCUT2D eigenvalue weighted by Crippen LogP contribution is 2.14. The summed E-state index contributed by atoms with van der Waals surface area (Å²) in [5.74, 6) is 0.796. The molecule has 2 heteroatoms. The van der Waals surface area contributed by atoms with Crippen LogP contribution in [0.3, 0.4) is 0 Å². The molecule has 0 fully saturated rings. The molecule has 0 radical (unpaired) electrons. The second-order valence-electron chi connectivity index (χ2n) is 5.65. The first-order chi connectivity index (χ1) is 8.65. The third kappa shape index (κ3) is 3.61. The van der Waals surface area contributed by atoms with Gasteiger partial charge in [-0.3, -0.25) is 0 Å². The molecule has 0 aliphatic rings. The Kier molecular flexibility index (Phi) is 4.43. The number of nitrogens with one attached hydrogen (secondary N) is 2. The average Bonchev–Trinajstić information content (AvgIpc) is 2.81. The van der Waals surface area contributed by atoms with E-state index in [1.165, 1.54) is 29.3 Å². The van der Waals surface area contributed by atoms with Crippen molar-refractivity contribution in [2.45, 2.75) is 46.2 Å². The lowest BCUT2D eigenvalue weighted by Crippen LogP contribution is -2.25. The van der Waals surface area contributed by atoms with Gasteiger partial charge in [-0.25, -0.2) is 0 Å². The molecular weight excluding hydrogens is 220 g/mol. The predicted octanol–water partition coefficient (Wildman–Crippen LogP) is 4.08. The second kappa shape index (κ2) is 6.05. The summed E-state index contributed by atoms with van der Waals surface area (Å²) in [4.78, 5) is 3.26. The summed E-state index contributed by atoms with van der Waals surface area (Å²) >= 11 is 0. The van der Waals surface area contributed by atoms with Crippen molar-refractivity contribution >= 4 is 10.9 Å². The molecule has 0 saturated heterocycles. The lowest BCUT2D eigenvalue weighted by molar-refractivity contribution is 0.451. The standard InChI is InChI=1S/C16H24N2/c1-12(2)4-5-13(3)18-11-14-6-7-15-8-9-17-16(15)10-14/h6-10,12-13,17-18H,4-5,11H2,1-3H3. The zero-order chi connectivity index (χ0) is 13.0. The quantitative estimate of drug-likeness (QED) is 0.787. The van der Waals surface area contributed by atoms with Gasteiger partial charge in [-0.05, 0) is 48.8 Å². The maximum atomic E-state index is 3.60. The van der Waals surface area contributed by atoms with Crippen LogP contribution in [0.15, 0.2) is 30.5 Å². The Hall–Kier alpha value is -1.28. The second-order valence-corrected chi connectivity index (χ2v) is 5.65. The van der Waals surface area contributed by atoms with Crippen molar-refractivity contribution < 1.29 is 0 Å². The van der Waals surface area contributed by atoms with Crippen molar-refractivity contribution in [3.63, 3.8) is 0 Å². The number of rotatable bonds is 6. The molecule has 1 aromatic carbocycles. The first kappa shape index (κ1) is 13.2. The van der Waals surface area contributed by atoms with Gasteiger partial charge in [0.05, 0.1) is 0 Å². The van der Waals surface area contributed by atoms with Crippen LogP contribution < -0.4 is 5.32 Å². The largest absolute Gasteiger partial charge is 0.361 e. The number of aromatic amines is 1. The molecule has 1 aromatic heterocycles. The Morgan fingerprint density at radius 2 is 1.94 bits per heavy atom. The highest BCUT2D eigenvalue weighted by molar-refractivity contribution is 5.79. The normalized spacial score (nSPS) is 13.3. The van der Waals surface area contributed by atoms with Crippen LogP contribution in [0.5, 0.6) is 0 Å². The molecule has 2 aromatic rings. The summed E-state index contributed by atoms with van der Waals surface area (Å²) in [5.41, 5.74) is 2.57. The molecule has 0 spiro atoms. The van der Waals surface area contributed by atoms with Crippen molar-refractivity contribution in [1.82, 2.24) is 10.3 Å². The van der Waals surface area contributed by atoms with E-state index >= 15 is 0 Å². The van der Waals surface area contributed by atoms with Crippen molar-refractivity contribution in [3.8, 4) is 0 Å². The van der Waals surface area contributed by atoms with Crippen LogP contribution in [0, 0.1) is 5.92 Å². The number of H-pyrrole nitrogens is 1. The van der Waals surface area contributed by atoms with Crippen LogP contribution in [-0.2, 0) is 6.54 Å². The third-order valence-electron chi connectivity index (χ3n) is 3.45. The fourth-order valence-corrected chi connectivity index (χ4v) is 2.18. The Bertz CT molecular complexity index is 485. The third-order valence-corrected chi connectivity index (χ3v) is 3.45. The van der Waals surface area contributed by atoms with Gasteiger partial charge in [-0.15, -0.1) is 0 Å². The highest BCUT2D eigenvalue weighted by Gasteiger charge is 2.04. The molecule has 1 heterocycles. The zero-order valence-electron chi connectivity index (χ0n) is 11.7. The number of hydrogen-bond acceptors (Lipinski definition) is 1. The Labute approximate surface area is 110 Å². The monoisotopic (exact) mass is 244 g/mol. The van der Waals surface area contributed by atoms with Gasteiger partial charge < -0.3 is 10.3 Å². The van der Waals surface area contributed by atoms with E-state index in [9.17, 15) is 0 Å². The van der Waals surface area contributed by atoms with Crippen LogP contribution in [0.25, 0.3) is 10.9 Å². The van der Waals surface area contributed by atoms with Crippen molar-refractivity contribution in [2.24, 2.45) is 5.92 Å². The summed E-state index contributed by atoms with van der Waals surface area (Å²) in [6.07, 6.45) is 4.54. The summed E-state index contributed by atoms with van der Waals surface area (Å²) < 4.78 is 0. The molecular formula is C16H24N2. The van der Waals surface area contributed by atoms with Gasteiger partial charge in [0, 0.05) is 24.3 Å². The lowest BCUT2D eigenvalue weighted by Gasteiger charge is -2.15. The van der Waals surface area contributed by atoms with Gasteiger partial charge in [-0.1, -0.05) is 26.0 Å². The summed E-state index contributed by atoms with van der Waals surface area (Å²) in [7, 11) is 0. The van der Waals surface area contributed by atoms with Gasteiger partial charge in [0.1, 0.15) is 0 Å². The number of benzene rings is 1. The minimum atomic E-state index is 0.590. The van der Waals surface area contributed by atoms with E-state index in [0.717, 1.165) is 12.5 Å². The smallest absolute Gasteiger partial charge is 0.0457 e. The van der Waals surface area contributed by atoms with Crippen LogP contribution in [-0.4, -0.2) is 11.0 Å². The minimum absolute atomic E-state index is 0.590. The summed E-state index contributed by atoms with van der Waals surface area (Å²) in [5, 5.41) is 4.88. The molecule has 18 heavy (non-hydrogen) atoms. The fourth-order valence-electron chi connectivity index (χ4n) is 2.18. The van der Waals surface area contributed by atoms with Gasteiger partial charge in [-0.2, -0.15) is 0 Å². The van der Waals surface area contributed by atoms with Gasteiger partial charge in [0.25, 0.3) is 0 Å². The van der Waals surface area contributed by atoms with E-state index in [-0.39, 0.29) is 0 Å². The Morgan fingerprint density at radius 1 is 1.11 bits per heavy atom. The molecule has 0 bridgehead atoms. The van der Waals surface area contributed by atoms with E-state index in [1.54, 1.807) is 0 Å². The first-order valence-corrected chi connectivity index (χ1v) is 6.94. The van der Waals surface area contributed by atoms with Crippen molar-refractivity contribution in [1.29, 1.82) is 0 Å². The molecule has 2 nitrogen and oxygen atoms in total. The molecule has 0 aliphatic carbocycles. The molecule has 0 amide bonds. The Morgan fingerprint density at radius 3 is 2.72 bits per heavy atom. The van der Waals surface area contributed by atoms with Crippen LogP contribution in [0.1, 0.15) is 39.2 Å². The molecule has 1 unspecified atom stereocenters. The lowest BCUT2D eigenvalue weighted by atomic mass is 10.0. The number of fused-ring (bicyclic) bond motifs is 1. The first-order valence-electron chi connectivity index (χ1n) is 6.94. The van der Waals surface area contributed by atoms with E-state index in [1.807, 2.05) is 6.20 Å². The maximum Gasteiger partial charge on any atom is 0.0457 e. The predicted molar refractivity (Wildman–Crippen MR) is 78.7 cm³/mol. The molecule has 0 aliphatic heterocycles. The van der Waals surface area contributed by atoms with E-state index in [0.29, 0.717) is 6.04 Å². The van der Waals surface area contributed by atoms with Crippen LogP contribution >= 0.6 is 0 Å². The number of hydrogen-bond donors (Lipinski definition) is 2. The van der Waals surface area contributed by atoms with Crippen molar-refractivity contribution in [3.05, 3.63) is 36.0 Å². The molecule has 1 atom stereocenters. The number of aromatic nitrogens is 1. The zero-order valence-corrected chi connectivity index (χ0v) is 11.7. The van der Waals surface area contributed by atoms with Gasteiger partial charge in [0.15, 0.2) is 0 Å². The SMILES string of the molecule is CC(C)CCC(C)NCc1ccc2cc[nH]c2c1. The van der Waals surface area contributed by atoms with Crippen LogP contribution in [0.2, 0.25) is 0 Å². The maximum absolute atomic E-state index is 3.60. The Balaban J connectivity index is 1.85. The van der Waals surface area contributed by atoms with E-state index in [2.05, 4.69) is 55.3 Å². The molecule has 98 valence electrons. The summed E-state index contributed by atoms with van der Waals surface area (Å²) in [6, 6.07) is 9.32. The van der Waals surface area contributed by atoms with Crippen molar-refractivity contribution in [2.75, 3.05) is 0 Å². The van der Waals surface area contributed by atoms with Gasteiger partial charge in [0.2, 0.25) is 0 Å². The average molecular weight is 244 g/mol. The van der Waals surface area contributed by atoms with Crippen LogP contribution in [0.4, 0.5) is 0 Å². The molecule has 2 N–H and O–H groups in total. The molecule has 0 saturated carbocycles. The van der Waals surface area contributed by atoms with E-state index in [4.69, 9.17) is 0 Å². The van der Waals surface area contributed by atoms with Gasteiger partial charge >= 0.3 is 0 Å². The fraction of sp³-hybridized carbons (Fsp3) is 0.500. The molecule has 2 rings (SSSR count). The van der Waals surface area contributed by atoms with E-state index < -0.39 is 0 Å². The minimum Gasteiger partial charge on any atom is -0.361 e.